The van der Waals surface area contributed by atoms with Crippen molar-refractivity contribution in [3.05, 3.63) is 60.0 Å². The maximum Gasteiger partial charge on any atom is 0.233 e. The van der Waals surface area contributed by atoms with Gasteiger partial charge in [-0.15, -0.1) is 0 Å². The lowest BCUT2D eigenvalue weighted by atomic mass is 10.0. The lowest BCUT2D eigenvalue weighted by molar-refractivity contribution is -0.116. The fraction of sp³-hybridized carbons (Fsp3) is 0.318. The Morgan fingerprint density at radius 3 is 2.90 bits per heavy atom. The second-order valence-corrected chi connectivity index (χ2v) is 7.44. The number of ether oxygens (including phenoxy) is 1. The standard InChI is InChI=1S/C22H24FN3O2S/c23-17-6-7-19(20-16(14-29)22(27)25-21(17)20)28-13-10-24-9-3-11-26-12-8-15-4-1-2-5-18(15)26/h1-2,4-8,12,16,24,29H,3,9-11,13-14H2,(H,25,27). The molecule has 1 atom stereocenters. The maximum absolute atomic E-state index is 14.0. The van der Waals surface area contributed by atoms with Gasteiger partial charge in [0.05, 0.1) is 11.6 Å². The number of rotatable bonds is 9. The fourth-order valence-electron chi connectivity index (χ4n) is 3.76. The van der Waals surface area contributed by atoms with Crippen LogP contribution in [0.4, 0.5) is 10.1 Å². The minimum atomic E-state index is -0.483. The largest absolute Gasteiger partial charge is 0.492 e. The topological polar surface area (TPSA) is 55.3 Å². The van der Waals surface area contributed by atoms with Crippen molar-refractivity contribution in [2.45, 2.75) is 18.9 Å². The van der Waals surface area contributed by atoms with E-state index in [4.69, 9.17) is 4.74 Å². The van der Waals surface area contributed by atoms with Crippen LogP contribution >= 0.6 is 12.6 Å². The van der Waals surface area contributed by atoms with E-state index in [-0.39, 0.29) is 11.6 Å². The van der Waals surface area contributed by atoms with Gasteiger partial charge < -0.3 is 19.9 Å². The van der Waals surface area contributed by atoms with Crippen molar-refractivity contribution in [1.82, 2.24) is 9.88 Å². The summed E-state index contributed by atoms with van der Waals surface area (Å²) in [5.74, 6) is -0.311. The van der Waals surface area contributed by atoms with Gasteiger partial charge in [-0.3, -0.25) is 4.79 Å². The summed E-state index contributed by atoms with van der Waals surface area (Å²) in [6.07, 6.45) is 3.13. The average molecular weight is 414 g/mol. The molecular formula is C22H24FN3O2S. The number of halogens is 1. The quantitative estimate of drug-likeness (QED) is 0.369. The van der Waals surface area contributed by atoms with Crippen LogP contribution in [0, 0.1) is 5.82 Å². The zero-order chi connectivity index (χ0) is 20.2. The van der Waals surface area contributed by atoms with Crippen LogP contribution in [0.25, 0.3) is 10.9 Å². The Kier molecular flexibility index (Phi) is 6.06. The van der Waals surface area contributed by atoms with Gasteiger partial charge in [-0.25, -0.2) is 4.39 Å². The summed E-state index contributed by atoms with van der Waals surface area (Å²) in [6, 6.07) is 13.4. The Balaban J connectivity index is 1.24. The van der Waals surface area contributed by atoms with Crippen LogP contribution in [-0.4, -0.2) is 35.9 Å². The molecule has 1 aliphatic rings. The Morgan fingerprint density at radius 2 is 2.03 bits per heavy atom. The van der Waals surface area contributed by atoms with Crippen LogP contribution in [-0.2, 0) is 11.3 Å². The summed E-state index contributed by atoms with van der Waals surface area (Å²) in [5, 5.41) is 7.22. The van der Waals surface area contributed by atoms with Gasteiger partial charge in [0.15, 0.2) is 0 Å². The number of benzene rings is 2. The predicted molar refractivity (Wildman–Crippen MR) is 117 cm³/mol. The van der Waals surface area contributed by atoms with Crippen molar-refractivity contribution in [1.29, 1.82) is 0 Å². The number of aryl methyl sites for hydroxylation is 1. The lowest BCUT2D eigenvalue weighted by Crippen LogP contribution is -2.23. The summed E-state index contributed by atoms with van der Waals surface area (Å²) in [5.41, 5.74) is 2.05. The molecule has 2 aromatic carbocycles. The normalized spacial score (nSPS) is 15.5. The van der Waals surface area contributed by atoms with E-state index in [2.05, 4.69) is 64.4 Å². The molecule has 1 amide bonds. The van der Waals surface area contributed by atoms with E-state index >= 15 is 0 Å². The SMILES string of the molecule is O=C1Nc2c(F)ccc(OCCNCCCn3ccc4ccccc43)c2C1CS. The monoisotopic (exact) mass is 413 g/mol. The highest BCUT2D eigenvalue weighted by atomic mass is 32.1. The minimum absolute atomic E-state index is 0.221. The van der Waals surface area contributed by atoms with Crippen LogP contribution in [0.5, 0.6) is 5.75 Å². The first-order valence-electron chi connectivity index (χ1n) is 9.80. The Labute approximate surface area is 174 Å². The summed E-state index contributed by atoms with van der Waals surface area (Å²) < 4.78 is 22.1. The van der Waals surface area contributed by atoms with E-state index in [1.807, 2.05) is 0 Å². The predicted octanol–water partition coefficient (Wildman–Crippen LogP) is 3.80. The third kappa shape index (κ3) is 4.11. The smallest absolute Gasteiger partial charge is 0.233 e. The molecule has 0 aliphatic carbocycles. The molecule has 0 fully saturated rings. The zero-order valence-electron chi connectivity index (χ0n) is 16.0. The molecule has 0 saturated carbocycles. The lowest BCUT2D eigenvalue weighted by Gasteiger charge is -2.14. The molecule has 0 radical (unpaired) electrons. The van der Waals surface area contributed by atoms with Crippen molar-refractivity contribution in [3.63, 3.8) is 0 Å². The van der Waals surface area contributed by atoms with Crippen molar-refractivity contribution in [2.75, 3.05) is 30.8 Å². The highest BCUT2D eigenvalue weighted by Gasteiger charge is 2.34. The van der Waals surface area contributed by atoms with Gasteiger partial charge in [0, 0.05) is 36.1 Å². The maximum atomic E-state index is 14.0. The van der Waals surface area contributed by atoms with E-state index in [0.717, 1.165) is 19.5 Å². The molecule has 1 aliphatic heterocycles. The van der Waals surface area contributed by atoms with E-state index in [0.29, 0.717) is 30.2 Å². The number of nitrogens with one attached hydrogen (secondary N) is 2. The van der Waals surface area contributed by atoms with Crippen LogP contribution in [0.1, 0.15) is 17.9 Å². The molecule has 3 aromatic rings. The highest BCUT2D eigenvalue weighted by molar-refractivity contribution is 7.80. The van der Waals surface area contributed by atoms with Gasteiger partial charge in [0.25, 0.3) is 0 Å². The number of hydrogen-bond acceptors (Lipinski definition) is 4. The molecule has 29 heavy (non-hydrogen) atoms. The Hall–Kier alpha value is -2.51. The van der Waals surface area contributed by atoms with Crippen LogP contribution < -0.4 is 15.4 Å². The van der Waals surface area contributed by atoms with Crippen molar-refractivity contribution < 1.29 is 13.9 Å². The van der Waals surface area contributed by atoms with Gasteiger partial charge in [-0.05, 0) is 42.6 Å². The molecule has 0 spiro atoms. The van der Waals surface area contributed by atoms with Crippen molar-refractivity contribution >= 4 is 35.1 Å². The molecule has 152 valence electrons. The van der Waals surface area contributed by atoms with Crippen LogP contribution in [0.3, 0.4) is 0 Å². The molecule has 0 saturated heterocycles. The minimum Gasteiger partial charge on any atom is -0.492 e. The van der Waals surface area contributed by atoms with E-state index in [1.165, 1.54) is 17.0 Å². The number of hydrogen-bond donors (Lipinski definition) is 3. The average Bonchev–Trinajstić information content (AvgIpc) is 3.30. The van der Waals surface area contributed by atoms with E-state index < -0.39 is 11.7 Å². The van der Waals surface area contributed by atoms with E-state index in [9.17, 15) is 9.18 Å². The molecule has 2 heterocycles. The molecule has 5 nitrogen and oxygen atoms in total. The second-order valence-electron chi connectivity index (χ2n) is 7.08. The number of anilines is 1. The van der Waals surface area contributed by atoms with Gasteiger partial charge in [-0.1, -0.05) is 18.2 Å². The summed E-state index contributed by atoms with van der Waals surface area (Å²) in [7, 11) is 0. The molecule has 4 rings (SSSR count). The van der Waals surface area contributed by atoms with Gasteiger partial charge in [0.1, 0.15) is 18.2 Å². The van der Waals surface area contributed by atoms with Crippen LogP contribution in [0.15, 0.2) is 48.7 Å². The van der Waals surface area contributed by atoms with Gasteiger partial charge in [0.2, 0.25) is 5.91 Å². The summed E-state index contributed by atoms with van der Waals surface area (Å²) >= 11 is 4.22. The number of aromatic nitrogens is 1. The number of carbonyl (C=O) groups is 1. The number of para-hydroxylation sites is 1. The highest BCUT2D eigenvalue weighted by Crippen LogP contribution is 2.41. The first-order chi connectivity index (χ1) is 14.2. The molecular weight excluding hydrogens is 389 g/mol. The molecule has 1 aromatic heterocycles. The number of amides is 1. The summed E-state index contributed by atoms with van der Waals surface area (Å²) in [4.78, 5) is 12.0. The number of fused-ring (bicyclic) bond motifs is 2. The molecule has 0 bridgehead atoms. The second kappa shape index (κ2) is 8.88. The number of thiol groups is 1. The van der Waals surface area contributed by atoms with Gasteiger partial charge in [-0.2, -0.15) is 12.6 Å². The Morgan fingerprint density at radius 1 is 1.17 bits per heavy atom. The van der Waals surface area contributed by atoms with Crippen molar-refractivity contribution in [2.24, 2.45) is 0 Å². The Bertz CT molecular complexity index is 1020. The zero-order valence-corrected chi connectivity index (χ0v) is 16.9. The molecule has 7 heteroatoms. The van der Waals surface area contributed by atoms with Crippen LogP contribution in [0.2, 0.25) is 0 Å². The fourth-order valence-corrected chi connectivity index (χ4v) is 4.10. The third-order valence-electron chi connectivity index (χ3n) is 5.22. The third-order valence-corrected chi connectivity index (χ3v) is 5.58. The molecule has 2 N–H and O–H groups in total. The molecule has 1 unspecified atom stereocenters. The van der Waals surface area contributed by atoms with Crippen molar-refractivity contribution in [3.8, 4) is 5.75 Å². The summed E-state index contributed by atoms with van der Waals surface area (Å²) in [6.45, 7) is 2.93. The first kappa shape index (κ1) is 19.8. The first-order valence-corrected chi connectivity index (χ1v) is 10.4. The number of nitrogens with zero attached hydrogens (tertiary/aromatic N) is 1. The number of carbonyl (C=O) groups excluding carboxylic acids is 1. The van der Waals surface area contributed by atoms with E-state index in [1.54, 1.807) is 6.07 Å². The van der Waals surface area contributed by atoms with Gasteiger partial charge >= 0.3 is 0 Å².